The molecule has 1 aliphatic heterocycles. The average molecular weight is 355 g/mol. The monoisotopic (exact) mass is 355 g/mol. The van der Waals surface area contributed by atoms with E-state index in [1.165, 1.54) is 0 Å². The molecule has 8 heteroatoms. The van der Waals surface area contributed by atoms with E-state index in [2.05, 4.69) is 20.1 Å². The molecule has 0 spiro atoms. The summed E-state index contributed by atoms with van der Waals surface area (Å²) in [7, 11) is 1.60. The van der Waals surface area contributed by atoms with Gasteiger partial charge in [-0.1, -0.05) is 5.16 Å². The highest BCUT2D eigenvalue weighted by molar-refractivity contribution is 5.55. The largest absolute Gasteiger partial charge is 0.497 e. The molecule has 0 radical (unpaired) electrons. The molecule has 1 unspecified atom stereocenters. The first-order valence-electron chi connectivity index (χ1n) is 8.29. The van der Waals surface area contributed by atoms with Crippen LogP contribution < -0.4 is 9.64 Å². The smallest absolute Gasteiger partial charge is 0.266 e. The fraction of sp³-hybridized carbons (Fsp3) is 0.333. The molecular formula is C18H18FN5O2. The van der Waals surface area contributed by atoms with Gasteiger partial charge in [0, 0.05) is 24.7 Å². The van der Waals surface area contributed by atoms with Gasteiger partial charge < -0.3 is 14.2 Å². The average Bonchev–Trinajstić information content (AvgIpc) is 3.30. The van der Waals surface area contributed by atoms with Crippen LogP contribution in [0.4, 0.5) is 10.2 Å². The number of hydrogen-bond acceptors (Lipinski definition) is 7. The van der Waals surface area contributed by atoms with E-state index < -0.39 is 5.67 Å². The maximum Gasteiger partial charge on any atom is 0.266 e. The van der Waals surface area contributed by atoms with Crippen LogP contribution in [-0.2, 0) is 5.67 Å². The number of alkyl halides is 1. The van der Waals surface area contributed by atoms with Gasteiger partial charge in [0.05, 0.1) is 13.7 Å². The van der Waals surface area contributed by atoms with Gasteiger partial charge in [0.25, 0.3) is 5.89 Å². The fourth-order valence-corrected chi connectivity index (χ4v) is 3.03. The van der Waals surface area contributed by atoms with Gasteiger partial charge in [-0.05, 0) is 37.3 Å². The van der Waals surface area contributed by atoms with E-state index in [9.17, 15) is 0 Å². The minimum absolute atomic E-state index is 0.00315. The van der Waals surface area contributed by atoms with Crippen LogP contribution in [0.3, 0.4) is 0 Å². The summed E-state index contributed by atoms with van der Waals surface area (Å²) < 4.78 is 25.8. The lowest BCUT2D eigenvalue weighted by Gasteiger charge is -2.18. The highest BCUT2D eigenvalue weighted by Gasteiger charge is 2.45. The third kappa shape index (κ3) is 2.98. The number of halogens is 1. The summed E-state index contributed by atoms with van der Waals surface area (Å²) >= 11 is 0. The lowest BCUT2D eigenvalue weighted by atomic mass is 10.1. The Bertz CT molecular complexity index is 914. The third-order valence-electron chi connectivity index (χ3n) is 4.46. The second-order valence-electron chi connectivity index (χ2n) is 6.25. The molecule has 26 heavy (non-hydrogen) atoms. The van der Waals surface area contributed by atoms with Gasteiger partial charge in [-0.15, -0.1) is 0 Å². The number of aromatic nitrogens is 4. The Morgan fingerprint density at radius 1 is 1.19 bits per heavy atom. The predicted molar refractivity (Wildman–Crippen MR) is 92.7 cm³/mol. The number of hydrogen-bond donors (Lipinski definition) is 0. The molecule has 4 rings (SSSR count). The Morgan fingerprint density at radius 3 is 2.73 bits per heavy atom. The summed E-state index contributed by atoms with van der Waals surface area (Å²) in [6.45, 7) is 2.45. The normalized spacial score (nSPS) is 19.7. The van der Waals surface area contributed by atoms with Crippen molar-refractivity contribution in [3.05, 3.63) is 48.2 Å². The van der Waals surface area contributed by atoms with Crippen LogP contribution in [-0.4, -0.2) is 40.3 Å². The summed E-state index contributed by atoms with van der Waals surface area (Å²) in [5.74, 6) is 2.43. The van der Waals surface area contributed by atoms with Crippen LogP contribution in [0.15, 0.2) is 41.1 Å². The number of benzene rings is 1. The number of methoxy groups -OCH3 is 1. The van der Waals surface area contributed by atoms with Crippen LogP contribution in [0.1, 0.15) is 18.1 Å². The Hall–Kier alpha value is -3.03. The molecule has 1 atom stereocenters. The zero-order chi connectivity index (χ0) is 18.1. The SMILES string of the molecule is COc1ccc(-c2noc(C3(F)CCN(c4ccnc(C)n4)C3)n2)cc1. The van der Waals surface area contributed by atoms with Gasteiger partial charge in [-0.25, -0.2) is 14.4 Å². The minimum atomic E-state index is -1.70. The summed E-state index contributed by atoms with van der Waals surface area (Å²) in [5, 5.41) is 3.93. The molecule has 134 valence electrons. The number of anilines is 1. The van der Waals surface area contributed by atoms with E-state index in [4.69, 9.17) is 9.26 Å². The van der Waals surface area contributed by atoms with Gasteiger partial charge in [-0.2, -0.15) is 4.98 Å². The van der Waals surface area contributed by atoms with Crippen molar-refractivity contribution in [1.82, 2.24) is 20.1 Å². The van der Waals surface area contributed by atoms with Crippen molar-refractivity contribution in [2.24, 2.45) is 0 Å². The third-order valence-corrected chi connectivity index (χ3v) is 4.46. The van der Waals surface area contributed by atoms with Crippen molar-refractivity contribution < 1.29 is 13.7 Å². The predicted octanol–water partition coefficient (Wildman–Crippen LogP) is 2.92. The second-order valence-corrected chi connectivity index (χ2v) is 6.25. The number of rotatable bonds is 4. The van der Waals surface area contributed by atoms with Crippen molar-refractivity contribution in [3.8, 4) is 17.1 Å². The van der Waals surface area contributed by atoms with Gasteiger partial charge in [0.15, 0.2) is 0 Å². The highest BCUT2D eigenvalue weighted by atomic mass is 19.1. The van der Waals surface area contributed by atoms with Crippen LogP contribution in [0, 0.1) is 6.92 Å². The van der Waals surface area contributed by atoms with Gasteiger partial charge >= 0.3 is 0 Å². The topological polar surface area (TPSA) is 77.2 Å². The van der Waals surface area contributed by atoms with Crippen molar-refractivity contribution in [2.45, 2.75) is 19.0 Å². The van der Waals surface area contributed by atoms with E-state index in [1.807, 2.05) is 17.0 Å². The van der Waals surface area contributed by atoms with E-state index in [-0.39, 0.29) is 18.9 Å². The standard InChI is InChI=1S/C18H18FN5O2/c1-12-20-9-7-15(21-12)24-10-8-18(19,11-24)17-22-16(23-26-17)13-3-5-14(25-2)6-4-13/h3-7,9H,8,10-11H2,1-2H3. The Kier molecular flexibility index (Phi) is 4.02. The number of aryl methyl sites for hydroxylation is 1. The van der Waals surface area contributed by atoms with E-state index in [0.29, 0.717) is 24.0 Å². The molecule has 7 nitrogen and oxygen atoms in total. The molecule has 3 heterocycles. The first-order valence-corrected chi connectivity index (χ1v) is 8.29. The van der Waals surface area contributed by atoms with E-state index in [1.54, 1.807) is 38.4 Å². The van der Waals surface area contributed by atoms with E-state index >= 15 is 4.39 Å². The van der Waals surface area contributed by atoms with E-state index in [0.717, 1.165) is 11.3 Å². The molecule has 1 fully saturated rings. The number of ether oxygens (including phenoxy) is 1. The summed E-state index contributed by atoms with van der Waals surface area (Å²) in [5.41, 5.74) is -0.956. The summed E-state index contributed by atoms with van der Waals surface area (Å²) in [6, 6.07) is 8.98. The lowest BCUT2D eigenvalue weighted by Crippen LogP contribution is -2.28. The summed E-state index contributed by atoms with van der Waals surface area (Å²) in [6.07, 6.45) is 1.94. The van der Waals surface area contributed by atoms with Crippen molar-refractivity contribution >= 4 is 5.82 Å². The van der Waals surface area contributed by atoms with Crippen molar-refractivity contribution in [1.29, 1.82) is 0 Å². The van der Waals surface area contributed by atoms with Crippen LogP contribution in [0.2, 0.25) is 0 Å². The Balaban J connectivity index is 1.55. The second kappa shape index (κ2) is 6.36. The lowest BCUT2D eigenvalue weighted by molar-refractivity contribution is 0.136. The molecule has 2 aromatic heterocycles. The molecular weight excluding hydrogens is 337 g/mol. The summed E-state index contributed by atoms with van der Waals surface area (Å²) in [4.78, 5) is 14.6. The first kappa shape index (κ1) is 16.4. The fourth-order valence-electron chi connectivity index (χ4n) is 3.03. The molecule has 3 aromatic rings. The molecule has 0 N–H and O–H groups in total. The molecule has 1 aliphatic rings. The molecule has 1 aromatic carbocycles. The maximum absolute atomic E-state index is 15.4. The highest BCUT2D eigenvalue weighted by Crippen LogP contribution is 2.37. The van der Waals surface area contributed by atoms with Gasteiger partial charge in [0.2, 0.25) is 11.5 Å². The Morgan fingerprint density at radius 2 is 2.00 bits per heavy atom. The minimum Gasteiger partial charge on any atom is -0.497 e. The van der Waals surface area contributed by atoms with Crippen LogP contribution in [0.25, 0.3) is 11.4 Å². The van der Waals surface area contributed by atoms with Crippen molar-refractivity contribution in [2.75, 3.05) is 25.1 Å². The van der Waals surface area contributed by atoms with Crippen LogP contribution in [0.5, 0.6) is 5.75 Å². The Labute approximate surface area is 149 Å². The number of nitrogens with zero attached hydrogens (tertiary/aromatic N) is 5. The zero-order valence-corrected chi connectivity index (χ0v) is 14.5. The maximum atomic E-state index is 15.4. The zero-order valence-electron chi connectivity index (χ0n) is 14.5. The van der Waals surface area contributed by atoms with Crippen molar-refractivity contribution in [3.63, 3.8) is 0 Å². The molecule has 0 bridgehead atoms. The van der Waals surface area contributed by atoms with Crippen LogP contribution >= 0.6 is 0 Å². The molecule has 0 saturated carbocycles. The molecule has 1 saturated heterocycles. The molecule has 0 amide bonds. The first-order chi connectivity index (χ1) is 12.6. The molecule has 0 aliphatic carbocycles. The quantitative estimate of drug-likeness (QED) is 0.712. The van der Waals surface area contributed by atoms with Gasteiger partial charge in [-0.3, -0.25) is 0 Å². The van der Waals surface area contributed by atoms with Gasteiger partial charge in [0.1, 0.15) is 17.4 Å².